The van der Waals surface area contributed by atoms with E-state index in [-0.39, 0.29) is 11.4 Å². The average Bonchev–Trinajstić information content (AvgIpc) is 2.13. The van der Waals surface area contributed by atoms with Crippen LogP contribution in [0.1, 0.15) is 26.3 Å². The Labute approximate surface area is 114 Å². The first kappa shape index (κ1) is 15.0. The van der Waals surface area contributed by atoms with Crippen LogP contribution in [0, 0.1) is 0 Å². The maximum absolute atomic E-state index is 11.7. The van der Waals surface area contributed by atoms with Crippen LogP contribution in [0.5, 0.6) is 0 Å². The van der Waals surface area contributed by atoms with E-state index in [9.17, 15) is 4.79 Å². The van der Waals surface area contributed by atoms with E-state index in [1.807, 2.05) is 57.0 Å². The number of benzene rings is 1. The lowest BCUT2D eigenvalue weighted by Gasteiger charge is -2.23. The molecule has 0 bridgehead atoms. The van der Waals surface area contributed by atoms with Gasteiger partial charge in [0.1, 0.15) is 0 Å². The molecule has 0 heterocycles. The van der Waals surface area contributed by atoms with Gasteiger partial charge in [-0.15, -0.1) is 0 Å². The molecule has 100 valence electrons. The van der Waals surface area contributed by atoms with Gasteiger partial charge in [0.05, 0.1) is 6.54 Å². The molecule has 0 aromatic heterocycles. The lowest BCUT2D eigenvalue weighted by molar-refractivity contribution is -0.123. The van der Waals surface area contributed by atoms with Gasteiger partial charge in [0.25, 0.3) is 0 Å². The van der Waals surface area contributed by atoms with Crippen LogP contribution < -0.4 is 5.32 Å². The molecule has 18 heavy (non-hydrogen) atoms. The Balaban J connectivity index is 2.47. The number of nitrogens with zero attached hydrogens (tertiary/aromatic N) is 1. The van der Waals surface area contributed by atoms with E-state index in [1.165, 1.54) is 0 Å². The van der Waals surface area contributed by atoms with Crippen LogP contribution in [0.4, 0.5) is 0 Å². The Morgan fingerprint density at radius 3 is 2.61 bits per heavy atom. The Morgan fingerprint density at radius 2 is 2.06 bits per heavy atom. The Morgan fingerprint density at radius 1 is 1.39 bits per heavy atom. The SMILES string of the molecule is CN(CC(=O)NC(C)(C)C)Cc1cccc(Cl)c1. The minimum Gasteiger partial charge on any atom is -0.350 e. The van der Waals surface area contributed by atoms with Gasteiger partial charge in [-0.05, 0) is 45.5 Å². The fourth-order valence-corrected chi connectivity index (χ4v) is 1.92. The lowest BCUT2D eigenvalue weighted by atomic mass is 10.1. The van der Waals surface area contributed by atoms with E-state index < -0.39 is 0 Å². The molecule has 1 aromatic carbocycles. The maximum atomic E-state index is 11.7. The summed E-state index contributed by atoms with van der Waals surface area (Å²) in [7, 11) is 1.92. The second-order valence-electron chi connectivity index (χ2n) is 5.60. The molecule has 0 atom stereocenters. The van der Waals surface area contributed by atoms with E-state index in [2.05, 4.69) is 5.32 Å². The third kappa shape index (κ3) is 6.03. The second kappa shape index (κ2) is 6.21. The molecule has 1 aromatic rings. The summed E-state index contributed by atoms with van der Waals surface area (Å²) in [5.41, 5.74) is 0.919. The van der Waals surface area contributed by atoms with Gasteiger partial charge < -0.3 is 5.32 Å². The van der Waals surface area contributed by atoms with Gasteiger partial charge in [-0.2, -0.15) is 0 Å². The van der Waals surface area contributed by atoms with Crippen molar-refractivity contribution < 1.29 is 4.79 Å². The number of likely N-dealkylation sites (N-methyl/N-ethyl adjacent to an activating group) is 1. The van der Waals surface area contributed by atoms with Crippen molar-refractivity contribution in [1.29, 1.82) is 0 Å². The van der Waals surface area contributed by atoms with Gasteiger partial charge in [0, 0.05) is 17.1 Å². The standard InChI is InChI=1S/C14H21ClN2O/c1-14(2,3)16-13(18)10-17(4)9-11-6-5-7-12(15)8-11/h5-8H,9-10H2,1-4H3,(H,16,18). The Kier molecular flexibility index (Phi) is 5.17. The highest BCUT2D eigenvalue weighted by atomic mass is 35.5. The van der Waals surface area contributed by atoms with Crippen LogP contribution in [-0.4, -0.2) is 29.9 Å². The predicted molar refractivity (Wildman–Crippen MR) is 75.7 cm³/mol. The highest BCUT2D eigenvalue weighted by molar-refractivity contribution is 6.30. The quantitative estimate of drug-likeness (QED) is 0.911. The van der Waals surface area contributed by atoms with Crippen molar-refractivity contribution in [2.24, 2.45) is 0 Å². The topological polar surface area (TPSA) is 32.3 Å². The Bertz CT molecular complexity index is 413. The zero-order valence-electron chi connectivity index (χ0n) is 11.5. The summed E-state index contributed by atoms with van der Waals surface area (Å²) in [4.78, 5) is 13.7. The summed E-state index contributed by atoms with van der Waals surface area (Å²) in [5, 5.41) is 3.66. The molecule has 0 unspecified atom stereocenters. The maximum Gasteiger partial charge on any atom is 0.234 e. The second-order valence-corrected chi connectivity index (χ2v) is 6.04. The third-order valence-corrected chi connectivity index (χ3v) is 2.50. The van der Waals surface area contributed by atoms with E-state index in [4.69, 9.17) is 11.6 Å². The molecule has 0 radical (unpaired) electrons. The Hall–Kier alpha value is -1.06. The molecule has 4 heteroatoms. The number of carbonyl (C=O) groups excluding carboxylic acids is 1. The molecule has 0 aliphatic heterocycles. The van der Waals surface area contributed by atoms with Crippen LogP contribution in [-0.2, 0) is 11.3 Å². The summed E-state index contributed by atoms with van der Waals surface area (Å²) in [6.07, 6.45) is 0. The van der Waals surface area contributed by atoms with Gasteiger partial charge in [0.15, 0.2) is 0 Å². The monoisotopic (exact) mass is 268 g/mol. The van der Waals surface area contributed by atoms with E-state index in [1.54, 1.807) is 0 Å². The largest absolute Gasteiger partial charge is 0.350 e. The minimum absolute atomic E-state index is 0.0343. The zero-order valence-corrected chi connectivity index (χ0v) is 12.2. The van der Waals surface area contributed by atoms with Crippen LogP contribution in [0.2, 0.25) is 5.02 Å². The van der Waals surface area contributed by atoms with Gasteiger partial charge >= 0.3 is 0 Å². The molecule has 1 rings (SSSR count). The predicted octanol–water partition coefficient (Wildman–Crippen LogP) is 2.69. The number of amides is 1. The molecule has 0 saturated carbocycles. The van der Waals surface area contributed by atoms with Gasteiger partial charge in [-0.3, -0.25) is 9.69 Å². The van der Waals surface area contributed by atoms with Crippen molar-refractivity contribution in [2.45, 2.75) is 32.9 Å². The van der Waals surface area contributed by atoms with Gasteiger partial charge in [-0.25, -0.2) is 0 Å². The minimum atomic E-state index is -0.187. The first-order valence-corrected chi connectivity index (χ1v) is 6.38. The number of hydrogen-bond acceptors (Lipinski definition) is 2. The third-order valence-electron chi connectivity index (χ3n) is 2.27. The number of nitrogens with one attached hydrogen (secondary N) is 1. The van der Waals surface area contributed by atoms with Crippen molar-refractivity contribution in [3.8, 4) is 0 Å². The molecule has 0 aliphatic carbocycles. The molecule has 1 amide bonds. The molecule has 1 N–H and O–H groups in total. The van der Waals surface area contributed by atoms with Crippen LogP contribution in [0.3, 0.4) is 0 Å². The summed E-state index contributed by atoms with van der Waals surface area (Å²) < 4.78 is 0. The summed E-state index contributed by atoms with van der Waals surface area (Å²) in [6, 6.07) is 7.68. The average molecular weight is 269 g/mol. The number of carbonyl (C=O) groups is 1. The van der Waals surface area contributed by atoms with Crippen LogP contribution >= 0.6 is 11.6 Å². The molecule has 0 aliphatic rings. The summed E-state index contributed by atoms with van der Waals surface area (Å²) >= 11 is 5.92. The highest BCUT2D eigenvalue weighted by Gasteiger charge is 2.15. The molecular weight excluding hydrogens is 248 g/mol. The molecule has 0 spiro atoms. The van der Waals surface area contributed by atoms with E-state index in [0.717, 1.165) is 10.6 Å². The first-order valence-electron chi connectivity index (χ1n) is 6.00. The fraction of sp³-hybridized carbons (Fsp3) is 0.500. The van der Waals surface area contributed by atoms with Crippen molar-refractivity contribution in [3.63, 3.8) is 0 Å². The molecule has 0 fully saturated rings. The van der Waals surface area contributed by atoms with Gasteiger partial charge in [0.2, 0.25) is 5.91 Å². The lowest BCUT2D eigenvalue weighted by Crippen LogP contribution is -2.45. The number of rotatable bonds is 4. The molecule has 0 saturated heterocycles. The normalized spacial score (nSPS) is 11.7. The van der Waals surface area contributed by atoms with Crippen molar-refractivity contribution in [2.75, 3.05) is 13.6 Å². The van der Waals surface area contributed by atoms with Gasteiger partial charge in [-0.1, -0.05) is 23.7 Å². The van der Waals surface area contributed by atoms with Crippen molar-refractivity contribution >= 4 is 17.5 Å². The number of hydrogen-bond donors (Lipinski definition) is 1. The van der Waals surface area contributed by atoms with Crippen LogP contribution in [0.15, 0.2) is 24.3 Å². The zero-order chi connectivity index (χ0) is 13.8. The number of halogens is 1. The first-order chi connectivity index (χ1) is 8.26. The molecule has 3 nitrogen and oxygen atoms in total. The van der Waals surface area contributed by atoms with Crippen LogP contribution in [0.25, 0.3) is 0 Å². The van der Waals surface area contributed by atoms with E-state index in [0.29, 0.717) is 13.1 Å². The van der Waals surface area contributed by atoms with E-state index >= 15 is 0 Å². The molecular formula is C14H21ClN2O. The summed E-state index contributed by atoms with van der Waals surface area (Å²) in [6.45, 7) is 7.01. The smallest absolute Gasteiger partial charge is 0.234 e. The fourth-order valence-electron chi connectivity index (χ4n) is 1.71. The van der Waals surface area contributed by atoms with Crippen molar-refractivity contribution in [1.82, 2.24) is 10.2 Å². The highest BCUT2D eigenvalue weighted by Crippen LogP contribution is 2.12. The summed E-state index contributed by atoms with van der Waals surface area (Å²) in [5.74, 6) is 0.0343. The van der Waals surface area contributed by atoms with Crippen molar-refractivity contribution in [3.05, 3.63) is 34.9 Å².